The number of anilines is 1. The Balaban J connectivity index is 1.78. The number of nitrogens with one attached hydrogen (secondary N) is 1. The van der Waals surface area contributed by atoms with E-state index in [0.29, 0.717) is 5.75 Å². The first kappa shape index (κ1) is 18.9. The van der Waals surface area contributed by atoms with Crippen molar-refractivity contribution in [3.8, 4) is 0 Å². The maximum atomic E-state index is 12.6. The zero-order chi connectivity index (χ0) is 19.7. The second kappa shape index (κ2) is 7.40. The molecular weight excluding hydrogens is 396 g/mol. The molecule has 2 atom stereocenters. The number of carboxylic acid groups (broad SMARTS) is 2. The van der Waals surface area contributed by atoms with Crippen LogP contribution in [-0.4, -0.2) is 61.0 Å². The van der Waals surface area contributed by atoms with Crippen LogP contribution in [0.4, 0.5) is 5.13 Å². The molecule has 1 fully saturated rings. The molecule has 0 bridgehead atoms. The number of nitrogens with zero attached hydrogens (tertiary/aromatic N) is 2. The van der Waals surface area contributed by atoms with Crippen molar-refractivity contribution in [1.82, 2.24) is 15.2 Å². The van der Waals surface area contributed by atoms with Crippen LogP contribution in [0.25, 0.3) is 5.57 Å². The van der Waals surface area contributed by atoms with E-state index in [4.69, 9.17) is 15.9 Å². The molecule has 0 saturated carbocycles. The summed E-state index contributed by atoms with van der Waals surface area (Å²) in [6.45, 7) is 0. The fourth-order valence-corrected chi connectivity index (χ4v) is 4.43. The van der Waals surface area contributed by atoms with Crippen LogP contribution in [0.5, 0.6) is 0 Å². The summed E-state index contributed by atoms with van der Waals surface area (Å²) in [6.07, 6.45) is 2.23. The second-order valence-corrected chi connectivity index (χ2v) is 7.60. The first-order valence-electron chi connectivity index (χ1n) is 7.62. The van der Waals surface area contributed by atoms with Crippen molar-refractivity contribution in [2.24, 2.45) is 0 Å². The van der Waals surface area contributed by atoms with Crippen LogP contribution in [-0.2, 0) is 19.2 Å². The fourth-order valence-electron chi connectivity index (χ4n) is 2.67. The van der Waals surface area contributed by atoms with Gasteiger partial charge in [-0.3, -0.25) is 19.3 Å². The Morgan fingerprint density at radius 3 is 2.74 bits per heavy atom. The maximum Gasteiger partial charge on any atom is 0.352 e. The minimum atomic E-state index is -1.21. The van der Waals surface area contributed by atoms with Gasteiger partial charge in [0.15, 0.2) is 5.13 Å². The van der Waals surface area contributed by atoms with Gasteiger partial charge in [0.1, 0.15) is 17.1 Å². The monoisotopic (exact) mass is 410 g/mol. The Morgan fingerprint density at radius 2 is 2.15 bits per heavy atom. The van der Waals surface area contributed by atoms with Gasteiger partial charge in [-0.2, -0.15) is 0 Å². The number of thiazole rings is 1. The average Bonchev–Trinajstić information content (AvgIpc) is 3.04. The van der Waals surface area contributed by atoms with Crippen molar-refractivity contribution < 1.29 is 29.4 Å². The lowest BCUT2D eigenvalue weighted by Crippen LogP contribution is -2.70. The Bertz CT molecular complexity index is 893. The number of nitrogen functional groups attached to an aromatic ring is 1. The van der Waals surface area contributed by atoms with Crippen LogP contribution < -0.4 is 11.1 Å². The standard InChI is InChI=1S/C15H14N4O6S2/c16-15-17-7(5-27-15)6(1-2-9(20)21)11(22)18-10-12(23)19-8(14(24)25)3-4-26-13(10)19/h1,3,5,10,13H,2,4H2,(H2,16,17)(H,18,22)(H,20,21)(H,24,25)/b6-1-/t10-,13+/m0/s1. The van der Waals surface area contributed by atoms with E-state index in [1.54, 1.807) is 0 Å². The van der Waals surface area contributed by atoms with Gasteiger partial charge in [0.2, 0.25) is 0 Å². The number of nitrogens with two attached hydrogens (primary N) is 1. The van der Waals surface area contributed by atoms with Crippen molar-refractivity contribution in [3.05, 3.63) is 28.9 Å². The molecule has 142 valence electrons. The SMILES string of the molecule is Nc1nc(/C(=C/CC(=O)O)C(=O)N[C@H]2C(=O)N3C(C(=O)O)=CCS[C@H]23)cs1. The summed E-state index contributed by atoms with van der Waals surface area (Å²) < 4.78 is 0. The van der Waals surface area contributed by atoms with Crippen molar-refractivity contribution in [3.63, 3.8) is 0 Å². The van der Waals surface area contributed by atoms with Gasteiger partial charge in [-0.15, -0.1) is 23.1 Å². The molecule has 0 radical (unpaired) electrons. The molecular formula is C15H14N4O6S2. The summed E-state index contributed by atoms with van der Waals surface area (Å²) in [6, 6.07) is -0.908. The van der Waals surface area contributed by atoms with Crippen LogP contribution in [0, 0.1) is 0 Å². The van der Waals surface area contributed by atoms with Gasteiger partial charge >= 0.3 is 11.9 Å². The highest BCUT2D eigenvalue weighted by atomic mass is 32.2. The predicted octanol–water partition coefficient (Wildman–Crippen LogP) is -0.0482. The van der Waals surface area contributed by atoms with Gasteiger partial charge in [-0.1, -0.05) is 6.08 Å². The third-order valence-corrected chi connectivity index (χ3v) is 5.73. The smallest absolute Gasteiger partial charge is 0.352 e. The molecule has 27 heavy (non-hydrogen) atoms. The molecule has 12 heteroatoms. The molecule has 3 heterocycles. The molecule has 2 aliphatic rings. The normalized spacial score (nSPS) is 21.8. The summed E-state index contributed by atoms with van der Waals surface area (Å²) in [7, 11) is 0. The second-order valence-electron chi connectivity index (χ2n) is 5.56. The number of amides is 2. The molecule has 1 aromatic heterocycles. The van der Waals surface area contributed by atoms with E-state index in [1.165, 1.54) is 29.3 Å². The van der Waals surface area contributed by atoms with E-state index < -0.39 is 41.6 Å². The highest BCUT2D eigenvalue weighted by Crippen LogP contribution is 2.37. The number of carbonyl (C=O) groups excluding carboxylic acids is 2. The Kier molecular flexibility index (Phi) is 5.19. The van der Waals surface area contributed by atoms with E-state index in [0.717, 1.165) is 16.2 Å². The van der Waals surface area contributed by atoms with Gasteiger partial charge in [0.05, 0.1) is 17.7 Å². The Hall–Kier alpha value is -2.86. The molecule has 1 aromatic rings. The molecule has 5 N–H and O–H groups in total. The van der Waals surface area contributed by atoms with Crippen molar-refractivity contribution in [2.75, 3.05) is 11.5 Å². The number of thioether (sulfide) groups is 1. The van der Waals surface area contributed by atoms with Gasteiger partial charge in [0, 0.05) is 11.1 Å². The van der Waals surface area contributed by atoms with Crippen LogP contribution in [0.15, 0.2) is 23.2 Å². The fraction of sp³-hybridized carbons (Fsp3) is 0.267. The Morgan fingerprint density at radius 1 is 1.41 bits per heavy atom. The number of rotatable bonds is 6. The molecule has 10 nitrogen and oxygen atoms in total. The number of carbonyl (C=O) groups is 4. The lowest BCUT2D eigenvalue weighted by Gasteiger charge is -2.48. The van der Waals surface area contributed by atoms with E-state index in [-0.39, 0.29) is 22.1 Å². The summed E-state index contributed by atoms with van der Waals surface area (Å²) in [5.74, 6) is -3.16. The number of aliphatic carboxylic acids is 2. The van der Waals surface area contributed by atoms with E-state index >= 15 is 0 Å². The van der Waals surface area contributed by atoms with Crippen LogP contribution in [0.2, 0.25) is 0 Å². The molecule has 2 aliphatic heterocycles. The minimum Gasteiger partial charge on any atom is -0.481 e. The van der Waals surface area contributed by atoms with Crippen molar-refractivity contribution >= 4 is 57.6 Å². The van der Waals surface area contributed by atoms with Crippen molar-refractivity contribution in [2.45, 2.75) is 17.8 Å². The zero-order valence-electron chi connectivity index (χ0n) is 13.6. The highest BCUT2D eigenvalue weighted by molar-refractivity contribution is 8.00. The quantitative estimate of drug-likeness (QED) is 0.372. The van der Waals surface area contributed by atoms with Crippen molar-refractivity contribution in [1.29, 1.82) is 0 Å². The summed E-state index contributed by atoms with van der Waals surface area (Å²) in [4.78, 5) is 52.1. The van der Waals surface area contributed by atoms with E-state index in [2.05, 4.69) is 10.3 Å². The minimum absolute atomic E-state index is 0.00795. The number of β-lactam (4-membered cyclic amide) rings is 1. The summed E-state index contributed by atoms with van der Waals surface area (Å²) in [5, 5.41) is 21.8. The first-order valence-corrected chi connectivity index (χ1v) is 9.54. The molecule has 0 spiro atoms. The topological polar surface area (TPSA) is 163 Å². The number of fused-ring (bicyclic) bond motifs is 1. The number of aromatic nitrogens is 1. The zero-order valence-corrected chi connectivity index (χ0v) is 15.2. The Labute approximate surface area is 160 Å². The van der Waals surface area contributed by atoms with Gasteiger partial charge in [0.25, 0.3) is 11.8 Å². The van der Waals surface area contributed by atoms with Crippen LogP contribution in [0.1, 0.15) is 12.1 Å². The lowest BCUT2D eigenvalue weighted by atomic mass is 10.0. The largest absolute Gasteiger partial charge is 0.481 e. The van der Waals surface area contributed by atoms with Crippen LogP contribution in [0.3, 0.4) is 0 Å². The van der Waals surface area contributed by atoms with Crippen LogP contribution >= 0.6 is 23.1 Å². The maximum absolute atomic E-state index is 12.6. The number of carboxylic acids is 2. The molecule has 0 aliphatic carbocycles. The third-order valence-electron chi connectivity index (χ3n) is 3.88. The lowest BCUT2D eigenvalue weighted by molar-refractivity contribution is -0.150. The summed E-state index contributed by atoms with van der Waals surface area (Å²) in [5.41, 5.74) is 5.66. The molecule has 0 aromatic carbocycles. The molecule has 1 saturated heterocycles. The summed E-state index contributed by atoms with van der Waals surface area (Å²) >= 11 is 2.41. The molecule has 3 rings (SSSR count). The predicted molar refractivity (Wildman–Crippen MR) is 97.5 cm³/mol. The number of hydrogen-bond donors (Lipinski definition) is 4. The third kappa shape index (κ3) is 3.66. The molecule has 2 amide bonds. The van der Waals surface area contributed by atoms with E-state index in [9.17, 15) is 19.2 Å². The van der Waals surface area contributed by atoms with Gasteiger partial charge in [-0.25, -0.2) is 9.78 Å². The molecule has 0 unspecified atom stereocenters. The van der Waals surface area contributed by atoms with Gasteiger partial charge in [-0.05, 0) is 6.08 Å². The first-order chi connectivity index (χ1) is 12.8. The number of hydrogen-bond acceptors (Lipinski definition) is 8. The van der Waals surface area contributed by atoms with Gasteiger partial charge < -0.3 is 21.3 Å². The highest BCUT2D eigenvalue weighted by Gasteiger charge is 2.52. The average molecular weight is 410 g/mol. The van der Waals surface area contributed by atoms with E-state index in [1.807, 2.05) is 0 Å².